The van der Waals surface area contributed by atoms with Crippen LogP contribution in [0.3, 0.4) is 0 Å². The van der Waals surface area contributed by atoms with Gasteiger partial charge in [-0.05, 0) is 52.6 Å². The van der Waals surface area contributed by atoms with Crippen molar-refractivity contribution in [2.45, 2.75) is 58.0 Å². The molecule has 1 aliphatic rings. The van der Waals surface area contributed by atoms with E-state index in [4.69, 9.17) is 0 Å². The summed E-state index contributed by atoms with van der Waals surface area (Å²) < 4.78 is 23.1. The molecule has 2 unspecified atom stereocenters. The number of nitrogens with zero attached hydrogens (tertiary/aromatic N) is 2. The fourth-order valence-corrected chi connectivity index (χ4v) is 4.37. The molecule has 1 saturated heterocycles. The minimum absolute atomic E-state index is 0.115. The van der Waals surface area contributed by atoms with Crippen molar-refractivity contribution >= 4 is 9.84 Å². The third kappa shape index (κ3) is 6.33. The van der Waals surface area contributed by atoms with Gasteiger partial charge in [0, 0.05) is 12.6 Å². The first-order valence-corrected chi connectivity index (χ1v) is 9.75. The Morgan fingerprint density at radius 2 is 2.14 bits per heavy atom. The topological polar surface area (TPSA) is 73.2 Å². The molecule has 0 amide bonds. The largest absolute Gasteiger partial charge is 0.300 e. The number of unbranched alkanes of at least 4 members (excludes halogenated alkanes) is 1. The molecule has 21 heavy (non-hydrogen) atoms. The fraction of sp³-hybridized carbons (Fsp3) is 0.933. The number of nitriles is 1. The standard InChI is InChI=1S/C15H29N3O2S/c1-4-8-17-15(3,13-16)7-5-6-9-18-10-11-21(19,20)12-14(18)2/h14,17H,4-12H2,1-3H3. The summed E-state index contributed by atoms with van der Waals surface area (Å²) in [5.41, 5.74) is -0.438. The van der Waals surface area contributed by atoms with Crippen molar-refractivity contribution in [2.24, 2.45) is 0 Å². The quantitative estimate of drug-likeness (QED) is 0.688. The molecule has 1 N–H and O–H groups in total. The number of sulfone groups is 1. The van der Waals surface area contributed by atoms with Gasteiger partial charge in [-0.2, -0.15) is 5.26 Å². The Bertz CT molecular complexity index is 458. The van der Waals surface area contributed by atoms with E-state index in [1.54, 1.807) is 0 Å². The Morgan fingerprint density at radius 1 is 1.43 bits per heavy atom. The second kappa shape index (κ2) is 8.11. The Labute approximate surface area is 129 Å². The van der Waals surface area contributed by atoms with E-state index >= 15 is 0 Å². The van der Waals surface area contributed by atoms with Crippen LogP contribution in [0.2, 0.25) is 0 Å². The number of hydrogen-bond acceptors (Lipinski definition) is 5. The second-order valence-electron chi connectivity index (χ2n) is 6.33. The molecule has 1 fully saturated rings. The van der Waals surface area contributed by atoms with Crippen LogP contribution in [0.15, 0.2) is 0 Å². The molecule has 1 rings (SSSR count). The Morgan fingerprint density at radius 3 is 2.71 bits per heavy atom. The Balaban J connectivity index is 2.29. The van der Waals surface area contributed by atoms with Crippen LogP contribution in [0.5, 0.6) is 0 Å². The van der Waals surface area contributed by atoms with Gasteiger partial charge in [-0.3, -0.25) is 10.2 Å². The molecule has 0 saturated carbocycles. The van der Waals surface area contributed by atoms with Crippen molar-refractivity contribution in [3.8, 4) is 6.07 Å². The van der Waals surface area contributed by atoms with Crippen LogP contribution in [0.4, 0.5) is 0 Å². The predicted octanol–water partition coefficient (Wildman–Crippen LogP) is 1.56. The van der Waals surface area contributed by atoms with Crippen molar-refractivity contribution in [1.29, 1.82) is 5.26 Å². The lowest BCUT2D eigenvalue weighted by molar-refractivity contribution is 0.219. The summed E-state index contributed by atoms with van der Waals surface area (Å²) in [6.07, 6.45) is 3.85. The van der Waals surface area contributed by atoms with Gasteiger partial charge in [0.25, 0.3) is 0 Å². The van der Waals surface area contributed by atoms with E-state index in [0.717, 1.165) is 38.8 Å². The number of hydrogen-bond donors (Lipinski definition) is 1. The lowest BCUT2D eigenvalue weighted by Crippen LogP contribution is -2.47. The van der Waals surface area contributed by atoms with Gasteiger partial charge in [-0.15, -0.1) is 0 Å². The Hall–Kier alpha value is -0.640. The van der Waals surface area contributed by atoms with Gasteiger partial charge >= 0.3 is 0 Å². The van der Waals surface area contributed by atoms with Crippen LogP contribution < -0.4 is 5.32 Å². The molecule has 2 atom stereocenters. The monoisotopic (exact) mass is 315 g/mol. The van der Waals surface area contributed by atoms with Gasteiger partial charge in [-0.25, -0.2) is 8.42 Å². The fourth-order valence-electron chi connectivity index (χ4n) is 2.74. The van der Waals surface area contributed by atoms with E-state index < -0.39 is 15.4 Å². The van der Waals surface area contributed by atoms with E-state index in [2.05, 4.69) is 23.2 Å². The maximum atomic E-state index is 11.5. The highest BCUT2D eigenvalue weighted by Gasteiger charge is 2.28. The molecule has 1 aliphatic heterocycles. The summed E-state index contributed by atoms with van der Waals surface area (Å²) in [5, 5.41) is 12.6. The SMILES string of the molecule is CCCNC(C)(C#N)CCCCN1CCS(=O)(=O)CC1C. The van der Waals surface area contributed by atoms with Crippen LogP contribution in [0.25, 0.3) is 0 Å². The van der Waals surface area contributed by atoms with Crippen LogP contribution >= 0.6 is 0 Å². The van der Waals surface area contributed by atoms with Crippen LogP contribution in [-0.4, -0.2) is 56.0 Å². The molecule has 0 aromatic rings. The molecule has 6 heteroatoms. The first-order valence-electron chi connectivity index (χ1n) is 7.92. The number of nitrogens with one attached hydrogen (secondary N) is 1. The molecule has 0 bridgehead atoms. The highest BCUT2D eigenvalue weighted by Crippen LogP contribution is 2.16. The molecule has 1 heterocycles. The Kier molecular flexibility index (Phi) is 7.11. The summed E-state index contributed by atoms with van der Waals surface area (Å²) >= 11 is 0. The molecule has 0 aromatic carbocycles. The van der Waals surface area contributed by atoms with Crippen molar-refractivity contribution in [3.63, 3.8) is 0 Å². The van der Waals surface area contributed by atoms with Crippen molar-refractivity contribution in [3.05, 3.63) is 0 Å². The lowest BCUT2D eigenvalue weighted by Gasteiger charge is -2.33. The average Bonchev–Trinajstić information content (AvgIpc) is 2.42. The van der Waals surface area contributed by atoms with E-state index in [-0.39, 0.29) is 17.5 Å². The maximum absolute atomic E-state index is 11.5. The molecular formula is C15H29N3O2S. The zero-order chi connectivity index (χ0) is 15.9. The first-order chi connectivity index (χ1) is 9.82. The minimum Gasteiger partial charge on any atom is -0.300 e. The molecular weight excluding hydrogens is 286 g/mol. The van der Waals surface area contributed by atoms with Gasteiger partial charge < -0.3 is 0 Å². The summed E-state index contributed by atoms with van der Waals surface area (Å²) in [5.74, 6) is 0.562. The van der Waals surface area contributed by atoms with Crippen LogP contribution in [0, 0.1) is 11.3 Å². The van der Waals surface area contributed by atoms with Crippen LogP contribution in [-0.2, 0) is 9.84 Å². The van der Waals surface area contributed by atoms with Gasteiger partial charge in [0.1, 0.15) is 5.54 Å². The van der Waals surface area contributed by atoms with E-state index in [1.807, 2.05) is 13.8 Å². The normalized spacial score (nSPS) is 25.1. The molecule has 0 spiro atoms. The van der Waals surface area contributed by atoms with Crippen molar-refractivity contribution < 1.29 is 8.42 Å². The van der Waals surface area contributed by atoms with E-state index in [0.29, 0.717) is 6.54 Å². The number of rotatable bonds is 8. The van der Waals surface area contributed by atoms with Gasteiger partial charge in [0.05, 0.1) is 17.6 Å². The van der Waals surface area contributed by atoms with Crippen molar-refractivity contribution in [2.75, 3.05) is 31.1 Å². The molecule has 5 nitrogen and oxygen atoms in total. The molecule has 0 aliphatic carbocycles. The minimum atomic E-state index is -2.83. The zero-order valence-corrected chi connectivity index (χ0v) is 14.4. The molecule has 0 aromatic heterocycles. The lowest BCUT2D eigenvalue weighted by atomic mass is 9.96. The van der Waals surface area contributed by atoms with Crippen molar-refractivity contribution in [1.82, 2.24) is 10.2 Å². The van der Waals surface area contributed by atoms with E-state index in [1.165, 1.54) is 0 Å². The highest BCUT2D eigenvalue weighted by molar-refractivity contribution is 7.91. The third-order valence-corrected chi connectivity index (χ3v) is 5.99. The predicted molar refractivity (Wildman–Crippen MR) is 85.9 cm³/mol. The zero-order valence-electron chi connectivity index (χ0n) is 13.6. The maximum Gasteiger partial charge on any atom is 0.153 e. The average molecular weight is 315 g/mol. The second-order valence-corrected chi connectivity index (χ2v) is 8.56. The summed E-state index contributed by atoms with van der Waals surface area (Å²) in [6.45, 7) is 8.47. The van der Waals surface area contributed by atoms with Gasteiger partial charge in [0.15, 0.2) is 9.84 Å². The first kappa shape index (κ1) is 18.4. The summed E-state index contributed by atoms with van der Waals surface area (Å²) in [4.78, 5) is 2.25. The molecule has 122 valence electrons. The van der Waals surface area contributed by atoms with Gasteiger partial charge in [0.2, 0.25) is 0 Å². The summed E-state index contributed by atoms with van der Waals surface area (Å²) in [6, 6.07) is 2.48. The smallest absolute Gasteiger partial charge is 0.153 e. The summed E-state index contributed by atoms with van der Waals surface area (Å²) in [7, 11) is -2.83. The molecule has 0 radical (unpaired) electrons. The third-order valence-electron chi connectivity index (χ3n) is 4.19. The highest BCUT2D eigenvalue weighted by atomic mass is 32.2. The van der Waals surface area contributed by atoms with Crippen LogP contribution in [0.1, 0.15) is 46.5 Å². The van der Waals surface area contributed by atoms with E-state index in [9.17, 15) is 13.7 Å². The van der Waals surface area contributed by atoms with Gasteiger partial charge in [-0.1, -0.05) is 6.92 Å².